The van der Waals surface area contributed by atoms with Crippen molar-refractivity contribution in [3.05, 3.63) is 23.8 Å². The number of anilines is 1. The molecule has 0 saturated heterocycles. The maximum Gasteiger partial charge on any atom is 0.353 e. The predicted molar refractivity (Wildman–Crippen MR) is 74.0 cm³/mol. The van der Waals surface area contributed by atoms with E-state index in [4.69, 9.17) is 23.7 Å². The van der Waals surface area contributed by atoms with Crippen molar-refractivity contribution in [2.24, 2.45) is 0 Å². The van der Waals surface area contributed by atoms with Gasteiger partial charge in [-0.05, 0) is 30.2 Å². The summed E-state index contributed by atoms with van der Waals surface area (Å²) in [6, 6.07) is 4.52. The Morgan fingerprint density at radius 2 is 1.75 bits per heavy atom. The molecule has 2 rings (SSSR count). The van der Waals surface area contributed by atoms with Crippen LogP contribution in [0.2, 0.25) is 0 Å². The molecule has 0 aromatic heterocycles. The summed E-state index contributed by atoms with van der Waals surface area (Å²) in [7, 11) is 1.40. The minimum atomic E-state index is -4.19. The van der Waals surface area contributed by atoms with E-state index in [0.29, 0.717) is 13.0 Å². The van der Waals surface area contributed by atoms with Crippen molar-refractivity contribution in [2.75, 3.05) is 11.4 Å². The third-order valence-corrected chi connectivity index (χ3v) is 3.74. The van der Waals surface area contributed by atoms with E-state index in [9.17, 15) is 13.2 Å². The number of hydrogen-bond acceptors (Lipinski definition) is 5. The van der Waals surface area contributed by atoms with Gasteiger partial charge in [0.05, 0.1) is 4.90 Å². The molecule has 0 radical (unpaired) electrons. The molecule has 0 atom stereocenters. The van der Waals surface area contributed by atoms with Gasteiger partial charge in [-0.15, -0.1) is 0 Å². The molecule has 20 heavy (non-hydrogen) atoms. The maximum atomic E-state index is 11.1. The molecule has 7 nitrogen and oxygen atoms in total. The van der Waals surface area contributed by atoms with Crippen molar-refractivity contribution in [3.63, 3.8) is 0 Å². The van der Waals surface area contributed by atoms with Crippen LogP contribution in [-0.2, 0) is 29.6 Å². The third kappa shape index (κ3) is 5.25. The molecule has 112 valence electrons. The topological polar surface area (TPSA) is 109 Å². The Morgan fingerprint density at radius 3 is 2.20 bits per heavy atom. The number of hydrogen-bond donors (Lipinski definition) is 1. The highest BCUT2D eigenvalue weighted by Gasteiger charge is 2.21. The maximum absolute atomic E-state index is 11.1. The summed E-state index contributed by atoms with van der Waals surface area (Å²) in [5.74, 6) is 0. The highest BCUT2D eigenvalue weighted by Crippen LogP contribution is 2.29. The molecule has 1 amide bonds. The highest BCUT2D eigenvalue weighted by molar-refractivity contribution is 8.13. The van der Waals surface area contributed by atoms with Gasteiger partial charge in [0, 0.05) is 33.6 Å². The van der Waals surface area contributed by atoms with E-state index in [1.165, 1.54) is 12.1 Å². The molecule has 1 N–H and O–H groups in total. The predicted octanol–water partition coefficient (Wildman–Crippen LogP) is 1.16. The van der Waals surface area contributed by atoms with Crippen molar-refractivity contribution < 1.29 is 26.2 Å². The molecule has 1 aromatic rings. The Bertz CT molecular complexity index is 708. The van der Waals surface area contributed by atoms with Gasteiger partial charge in [0.15, 0.2) is 0 Å². The van der Waals surface area contributed by atoms with Gasteiger partial charge in [-0.3, -0.25) is 9.35 Å². The standard InChI is InChI=1S/C9H8ClNO3S.ClHO3S/c10-15(13,14)8-1-2-9-7(5-8)3-4-11(9)6-12;1-5(2,3)4/h1-2,5-6H,3-4H2;(H,2,3,4). The number of rotatable bonds is 2. The van der Waals surface area contributed by atoms with Crippen molar-refractivity contribution in [3.8, 4) is 0 Å². The zero-order valence-electron chi connectivity index (χ0n) is 9.73. The summed E-state index contributed by atoms with van der Waals surface area (Å²) in [5.41, 5.74) is 1.60. The summed E-state index contributed by atoms with van der Waals surface area (Å²) in [6.45, 7) is 0.588. The monoisotopic (exact) mass is 361 g/mol. The first-order chi connectivity index (χ1) is 9.02. The van der Waals surface area contributed by atoms with Gasteiger partial charge < -0.3 is 4.90 Å². The van der Waals surface area contributed by atoms with E-state index in [1.54, 1.807) is 11.0 Å². The van der Waals surface area contributed by atoms with Crippen molar-refractivity contribution in [2.45, 2.75) is 11.3 Å². The van der Waals surface area contributed by atoms with Gasteiger partial charge in [0.2, 0.25) is 6.41 Å². The molecule has 0 saturated carbocycles. The Morgan fingerprint density at radius 1 is 1.20 bits per heavy atom. The van der Waals surface area contributed by atoms with Crippen LogP contribution in [0.1, 0.15) is 5.56 Å². The quantitative estimate of drug-likeness (QED) is 0.480. The first-order valence-corrected chi connectivity index (χ1v) is 9.56. The molecule has 0 unspecified atom stereocenters. The number of carbonyl (C=O) groups is 1. The second-order valence-electron chi connectivity index (χ2n) is 3.69. The third-order valence-electron chi connectivity index (χ3n) is 2.39. The molecule has 0 bridgehead atoms. The molecular weight excluding hydrogens is 353 g/mol. The molecule has 11 heteroatoms. The SMILES string of the molecule is O=CN1CCc2cc(S(=O)(=O)Cl)ccc21.O=S(=O)(O)Cl. The van der Waals surface area contributed by atoms with Crippen molar-refractivity contribution in [1.82, 2.24) is 0 Å². The lowest BCUT2D eigenvalue weighted by atomic mass is 10.2. The fourth-order valence-corrected chi connectivity index (χ4v) is 2.47. The van der Waals surface area contributed by atoms with E-state index >= 15 is 0 Å². The molecule has 1 heterocycles. The lowest BCUT2D eigenvalue weighted by Crippen LogP contribution is -2.17. The normalized spacial score (nSPS) is 14.2. The van der Waals surface area contributed by atoms with Crippen molar-refractivity contribution >= 4 is 51.8 Å². The average Bonchev–Trinajstić information content (AvgIpc) is 2.67. The lowest BCUT2D eigenvalue weighted by molar-refractivity contribution is -0.107. The number of amides is 1. The number of benzene rings is 1. The smallest absolute Gasteiger partial charge is 0.314 e. The van der Waals surface area contributed by atoms with Gasteiger partial charge in [0.25, 0.3) is 9.05 Å². The van der Waals surface area contributed by atoms with Crippen LogP contribution in [0.15, 0.2) is 23.1 Å². The molecule has 0 spiro atoms. The summed E-state index contributed by atoms with van der Waals surface area (Å²) >= 11 is 0. The second kappa shape index (κ2) is 6.27. The van der Waals surface area contributed by atoms with E-state index < -0.39 is 18.4 Å². The minimum Gasteiger partial charge on any atom is -0.314 e. The van der Waals surface area contributed by atoms with Gasteiger partial charge in [-0.2, -0.15) is 8.42 Å². The van der Waals surface area contributed by atoms with Crippen LogP contribution in [-0.4, -0.2) is 34.3 Å². The Labute approximate surface area is 124 Å². The summed E-state index contributed by atoms with van der Waals surface area (Å²) in [5, 5.41) is 0. The van der Waals surface area contributed by atoms with E-state index in [2.05, 4.69) is 10.7 Å². The zero-order chi connectivity index (χ0) is 15.6. The van der Waals surface area contributed by atoms with Crippen LogP contribution in [0, 0.1) is 0 Å². The Balaban J connectivity index is 0.000000347. The van der Waals surface area contributed by atoms with Crippen LogP contribution in [0.25, 0.3) is 0 Å². The van der Waals surface area contributed by atoms with Gasteiger partial charge in [0.1, 0.15) is 0 Å². The first kappa shape index (κ1) is 17.2. The second-order valence-corrected chi connectivity index (χ2v) is 8.25. The molecule has 1 aromatic carbocycles. The van der Waals surface area contributed by atoms with Crippen LogP contribution < -0.4 is 4.90 Å². The van der Waals surface area contributed by atoms with Crippen LogP contribution in [0.3, 0.4) is 0 Å². The molecule has 0 aliphatic carbocycles. The fourth-order valence-electron chi connectivity index (χ4n) is 1.66. The van der Waals surface area contributed by atoms with Crippen LogP contribution >= 0.6 is 21.4 Å². The molecule has 0 fully saturated rings. The number of fused-ring (bicyclic) bond motifs is 1. The van der Waals surface area contributed by atoms with E-state index in [-0.39, 0.29) is 4.90 Å². The number of nitrogens with zero attached hydrogens (tertiary/aromatic N) is 1. The molecule has 1 aliphatic rings. The van der Waals surface area contributed by atoms with E-state index in [1.807, 2.05) is 0 Å². The fraction of sp³-hybridized carbons (Fsp3) is 0.222. The minimum absolute atomic E-state index is 0.0793. The van der Waals surface area contributed by atoms with E-state index in [0.717, 1.165) is 17.7 Å². The van der Waals surface area contributed by atoms with Gasteiger partial charge >= 0.3 is 9.33 Å². The molecular formula is C9H9Cl2NO6S2. The van der Waals surface area contributed by atoms with Crippen LogP contribution in [0.4, 0.5) is 5.69 Å². The Kier molecular flexibility index (Phi) is 5.39. The largest absolute Gasteiger partial charge is 0.353 e. The van der Waals surface area contributed by atoms with Crippen molar-refractivity contribution in [1.29, 1.82) is 0 Å². The first-order valence-electron chi connectivity index (χ1n) is 4.99. The Hall–Kier alpha value is -0.870. The average molecular weight is 362 g/mol. The van der Waals surface area contributed by atoms with Gasteiger partial charge in [-0.25, -0.2) is 8.42 Å². The number of halogens is 2. The zero-order valence-corrected chi connectivity index (χ0v) is 12.9. The summed E-state index contributed by atoms with van der Waals surface area (Å²) in [4.78, 5) is 12.3. The lowest BCUT2D eigenvalue weighted by Gasteiger charge is -2.09. The number of carbonyl (C=O) groups excluding carboxylic acids is 1. The summed E-state index contributed by atoms with van der Waals surface area (Å²) in [6.07, 6.45) is 1.40. The molecule has 1 aliphatic heterocycles. The highest BCUT2D eigenvalue weighted by atomic mass is 35.7. The van der Waals surface area contributed by atoms with Crippen LogP contribution in [0.5, 0.6) is 0 Å². The van der Waals surface area contributed by atoms with Gasteiger partial charge in [-0.1, -0.05) is 0 Å². The summed E-state index contributed by atoms with van der Waals surface area (Å²) < 4.78 is 47.3.